The van der Waals surface area contributed by atoms with Crippen molar-refractivity contribution in [2.24, 2.45) is 0 Å². The lowest BCUT2D eigenvalue weighted by Crippen LogP contribution is -2.27. The molecular formula is C19H19F3N4O2. The van der Waals surface area contributed by atoms with Gasteiger partial charge in [0.1, 0.15) is 17.6 Å². The number of para-hydroxylation sites is 1. The molecule has 148 valence electrons. The van der Waals surface area contributed by atoms with E-state index in [9.17, 15) is 23.2 Å². The Morgan fingerprint density at radius 2 is 1.96 bits per heavy atom. The summed E-state index contributed by atoms with van der Waals surface area (Å²) in [5, 5.41) is 12.4. The van der Waals surface area contributed by atoms with Crippen LogP contribution in [0.25, 0.3) is 0 Å². The minimum atomic E-state index is -4.82. The number of aromatic amines is 1. The Labute approximate surface area is 159 Å². The third-order valence-electron chi connectivity index (χ3n) is 4.58. The Morgan fingerprint density at radius 1 is 1.25 bits per heavy atom. The Hall–Kier alpha value is -3.02. The van der Waals surface area contributed by atoms with E-state index in [0.717, 1.165) is 32.1 Å². The lowest BCUT2D eigenvalue weighted by Gasteiger charge is -2.23. The van der Waals surface area contributed by atoms with Gasteiger partial charge in [0.2, 0.25) is 0 Å². The van der Waals surface area contributed by atoms with Crippen molar-refractivity contribution in [3.63, 3.8) is 0 Å². The molecule has 3 rings (SSSR count). The molecule has 0 unspecified atom stereocenters. The monoisotopic (exact) mass is 392 g/mol. The molecule has 0 radical (unpaired) electrons. The highest BCUT2D eigenvalue weighted by molar-refractivity contribution is 5.51. The van der Waals surface area contributed by atoms with E-state index in [1.54, 1.807) is 6.07 Å². The molecule has 28 heavy (non-hydrogen) atoms. The second-order valence-electron chi connectivity index (χ2n) is 6.66. The van der Waals surface area contributed by atoms with Crippen molar-refractivity contribution in [2.75, 3.05) is 5.32 Å². The number of nitrogens with one attached hydrogen (secondary N) is 2. The quantitative estimate of drug-likeness (QED) is 0.806. The van der Waals surface area contributed by atoms with E-state index in [2.05, 4.69) is 20.0 Å². The summed E-state index contributed by atoms with van der Waals surface area (Å²) in [6.07, 6.45) is 0.179. The van der Waals surface area contributed by atoms with Gasteiger partial charge >= 0.3 is 6.36 Å². The van der Waals surface area contributed by atoms with E-state index in [4.69, 9.17) is 0 Å². The summed E-state index contributed by atoms with van der Waals surface area (Å²) in [6, 6.07) is 7.62. The summed E-state index contributed by atoms with van der Waals surface area (Å²) >= 11 is 0. The van der Waals surface area contributed by atoms with Gasteiger partial charge in [-0.1, -0.05) is 37.5 Å². The van der Waals surface area contributed by atoms with E-state index in [1.165, 1.54) is 18.2 Å². The van der Waals surface area contributed by atoms with Crippen LogP contribution >= 0.6 is 0 Å². The smallest absolute Gasteiger partial charge is 0.405 e. The van der Waals surface area contributed by atoms with Crippen LogP contribution in [0.3, 0.4) is 0 Å². The molecule has 1 heterocycles. The molecule has 1 aromatic carbocycles. The maximum atomic E-state index is 12.6. The predicted molar refractivity (Wildman–Crippen MR) is 96.0 cm³/mol. The van der Waals surface area contributed by atoms with E-state index in [-0.39, 0.29) is 41.0 Å². The van der Waals surface area contributed by atoms with E-state index < -0.39 is 11.9 Å². The van der Waals surface area contributed by atoms with Gasteiger partial charge in [-0.2, -0.15) is 5.26 Å². The van der Waals surface area contributed by atoms with Gasteiger partial charge in [-0.25, -0.2) is 4.98 Å². The zero-order chi connectivity index (χ0) is 20.1. The zero-order valence-corrected chi connectivity index (χ0v) is 15.0. The zero-order valence-electron chi connectivity index (χ0n) is 15.0. The minimum absolute atomic E-state index is 0.0768. The van der Waals surface area contributed by atoms with Crippen LogP contribution in [0, 0.1) is 11.3 Å². The third-order valence-corrected chi connectivity index (χ3v) is 4.58. The molecule has 2 aromatic rings. The molecule has 0 bridgehead atoms. The van der Waals surface area contributed by atoms with Gasteiger partial charge in [-0.15, -0.1) is 13.2 Å². The van der Waals surface area contributed by atoms with Crippen LogP contribution in [0.15, 0.2) is 29.1 Å². The lowest BCUT2D eigenvalue weighted by molar-refractivity contribution is -0.274. The first-order chi connectivity index (χ1) is 13.4. The minimum Gasteiger partial charge on any atom is -0.405 e. The first-order valence-electron chi connectivity index (χ1n) is 8.99. The van der Waals surface area contributed by atoms with Crippen molar-refractivity contribution in [1.29, 1.82) is 5.26 Å². The molecule has 0 saturated heterocycles. The van der Waals surface area contributed by atoms with Crippen molar-refractivity contribution >= 4 is 5.82 Å². The molecule has 1 saturated carbocycles. The molecule has 1 aromatic heterocycles. The number of nitriles is 1. The number of anilines is 1. The van der Waals surface area contributed by atoms with Crippen LogP contribution in [0.5, 0.6) is 5.75 Å². The van der Waals surface area contributed by atoms with Crippen LogP contribution in [0.1, 0.15) is 49.1 Å². The SMILES string of the molecule is N#Cc1c(NC2CCCCC2)nc(Cc2ccccc2OC(F)(F)F)[nH]c1=O. The highest BCUT2D eigenvalue weighted by Crippen LogP contribution is 2.28. The fraction of sp³-hybridized carbons (Fsp3) is 0.421. The summed E-state index contributed by atoms with van der Waals surface area (Å²) in [5.41, 5.74) is -0.537. The fourth-order valence-corrected chi connectivity index (χ4v) is 3.31. The van der Waals surface area contributed by atoms with Crippen LogP contribution in [-0.2, 0) is 6.42 Å². The molecule has 0 amide bonds. The van der Waals surface area contributed by atoms with Gasteiger partial charge in [0.15, 0.2) is 11.4 Å². The van der Waals surface area contributed by atoms with Crippen molar-refractivity contribution in [3.05, 3.63) is 51.6 Å². The van der Waals surface area contributed by atoms with E-state index in [1.807, 2.05) is 6.07 Å². The second kappa shape index (κ2) is 8.33. The number of nitrogens with zero attached hydrogens (tertiary/aromatic N) is 2. The topological polar surface area (TPSA) is 90.8 Å². The number of aromatic nitrogens is 2. The van der Waals surface area contributed by atoms with Gasteiger partial charge < -0.3 is 15.0 Å². The normalized spacial score (nSPS) is 15.1. The van der Waals surface area contributed by atoms with Gasteiger partial charge in [0.05, 0.1) is 0 Å². The van der Waals surface area contributed by atoms with Crippen molar-refractivity contribution in [1.82, 2.24) is 9.97 Å². The van der Waals surface area contributed by atoms with E-state index >= 15 is 0 Å². The van der Waals surface area contributed by atoms with Crippen LogP contribution in [0.2, 0.25) is 0 Å². The number of ether oxygens (including phenoxy) is 1. The maximum absolute atomic E-state index is 12.6. The Kier molecular flexibility index (Phi) is 5.87. The van der Waals surface area contributed by atoms with Crippen molar-refractivity contribution in [3.8, 4) is 11.8 Å². The lowest BCUT2D eigenvalue weighted by atomic mass is 9.95. The van der Waals surface area contributed by atoms with Crippen LogP contribution < -0.4 is 15.6 Å². The van der Waals surface area contributed by atoms with Crippen LogP contribution in [-0.4, -0.2) is 22.4 Å². The van der Waals surface area contributed by atoms with Crippen molar-refractivity contribution < 1.29 is 17.9 Å². The summed E-state index contributed by atoms with van der Waals surface area (Å²) < 4.78 is 41.9. The maximum Gasteiger partial charge on any atom is 0.573 e. The number of halogens is 3. The Bertz CT molecular complexity index is 928. The average molecular weight is 392 g/mol. The molecule has 0 aliphatic heterocycles. The number of benzene rings is 1. The van der Waals surface area contributed by atoms with E-state index in [0.29, 0.717) is 0 Å². The van der Waals surface area contributed by atoms with Gasteiger partial charge in [-0.05, 0) is 18.9 Å². The standard InChI is InChI=1S/C19H19F3N4O2/c20-19(21,22)28-15-9-5-4-6-12(15)10-16-25-17(14(11-23)18(27)26-16)24-13-7-2-1-3-8-13/h4-6,9,13H,1-3,7-8,10H2,(H2,24,25,26,27). The third kappa shape index (κ3) is 5.03. The predicted octanol–water partition coefficient (Wildman–Crippen LogP) is 3.88. The molecular weight excluding hydrogens is 373 g/mol. The Balaban J connectivity index is 1.89. The fourth-order valence-electron chi connectivity index (χ4n) is 3.31. The molecule has 6 nitrogen and oxygen atoms in total. The second-order valence-corrected chi connectivity index (χ2v) is 6.66. The van der Waals surface area contributed by atoms with Gasteiger partial charge in [0.25, 0.3) is 5.56 Å². The van der Waals surface area contributed by atoms with Gasteiger partial charge in [0, 0.05) is 18.0 Å². The molecule has 2 N–H and O–H groups in total. The number of alkyl halides is 3. The molecule has 9 heteroatoms. The largest absolute Gasteiger partial charge is 0.573 e. The highest BCUT2D eigenvalue weighted by atomic mass is 19.4. The first-order valence-corrected chi connectivity index (χ1v) is 8.99. The summed E-state index contributed by atoms with van der Waals surface area (Å²) in [5.74, 6) is -0.0355. The number of H-pyrrole nitrogens is 1. The van der Waals surface area contributed by atoms with Crippen LogP contribution in [0.4, 0.5) is 19.0 Å². The summed E-state index contributed by atoms with van der Waals surface area (Å²) in [6.45, 7) is 0. The number of hydrogen-bond donors (Lipinski definition) is 2. The average Bonchev–Trinajstić information content (AvgIpc) is 2.63. The molecule has 0 atom stereocenters. The summed E-state index contributed by atoms with van der Waals surface area (Å²) in [7, 11) is 0. The molecule has 1 fully saturated rings. The van der Waals surface area contributed by atoms with Gasteiger partial charge in [-0.3, -0.25) is 4.79 Å². The molecule has 1 aliphatic rings. The molecule has 1 aliphatic carbocycles. The summed E-state index contributed by atoms with van der Waals surface area (Å²) in [4.78, 5) is 19.1. The first kappa shape index (κ1) is 19.7. The van der Waals surface area contributed by atoms with Crippen molar-refractivity contribution in [2.45, 2.75) is 50.9 Å². The Morgan fingerprint density at radius 3 is 2.64 bits per heavy atom. The number of hydrogen-bond acceptors (Lipinski definition) is 5. The molecule has 0 spiro atoms. The number of rotatable bonds is 5. The highest BCUT2D eigenvalue weighted by Gasteiger charge is 2.32.